The number of benzene rings is 2. The maximum atomic E-state index is 12.7. The number of halogens is 1. The van der Waals surface area contributed by atoms with Crippen LogP contribution in [-0.4, -0.2) is 32.0 Å². The van der Waals surface area contributed by atoms with Gasteiger partial charge in [0, 0.05) is 47.5 Å². The second kappa shape index (κ2) is 10.5. The van der Waals surface area contributed by atoms with Crippen LogP contribution in [-0.2, 0) is 4.79 Å². The molecule has 0 aliphatic carbocycles. The largest absolute Gasteiger partial charge is 0.352 e. The molecule has 6 nitrogen and oxygen atoms in total. The number of carbonyl (C=O) groups is 1. The van der Waals surface area contributed by atoms with Crippen molar-refractivity contribution in [2.45, 2.75) is 25.4 Å². The lowest BCUT2D eigenvalue weighted by molar-refractivity contribution is -0.116. The molecule has 1 fully saturated rings. The van der Waals surface area contributed by atoms with Crippen molar-refractivity contribution in [1.82, 2.24) is 19.8 Å². The van der Waals surface area contributed by atoms with E-state index >= 15 is 0 Å². The first-order valence-electron chi connectivity index (χ1n) is 11.8. The lowest BCUT2D eigenvalue weighted by atomic mass is 10.0. The molecule has 1 saturated heterocycles. The lowest BCUT2D eigenvalue weighted by Crippen LogP contribution is -2.33. The Morgan fingerprint density at radius 3 is 2.64 bits per heavy atom. The predicted molar refractivity (Wildman–Crippen MR) is 147 cm³/mol. The summed E-state index contributed by atoms with van der Waals surface area (Å²) in [7, 11) is 0. The van der Waals surface area contributed by atoms with E-state index in [0.29, 0.717) is 18.1 Å². The number of aryl methyl sites for hydroxylation is 1. The van der Waals surface area contributed by atoms with Crippen molar-refractivity contribution in [3.8, 4) is 5.69 Å². The highest BCUT2D eigenvalue weighted by Crippen LogP contribution is 2.39. The number of anilines is 1. The van der Waals surface area contributed by atoms with Gasteiger partial charge in [-0.3, -0.25) is 9.78 Å². The number of carbonyl (C=O) groups excluding carboxylic acids is 1. The fourth-order valence-corrected chi connectivity index (χ4v) is 5.03. The summed E-state index contributed by atoms with van der Waals surface area (Å²) in [6.07, 6.45) is 4.12. The van der Waals surface area contributed by atoms with Gasteiger partial charge < -0.3 is 20.1 Å². The summed E-state index contributed by atoms with van der Waals surface area (Å²) in [6.45, 7) is 2.46. The molecule has 0 saturated carbocycles. The number of amides is 1. The lowest BCUT2D eigenvalue weighted by Gasteiger charge is -2.29. The highest BCUT2D eigenvalue weighted by atomic mass is 35.5. The third-order valence-electron chi connectivity index (χ3n) is 6.34. The molecule has 2 N–H and O–H groups in total. The normalized spacial score (nSPS) is 17.2. The summed E-state index contributed by atoms with van der Waals surface area (Å²) in [5, 5.41) is 7.75. The minimum absolute atomic E-state index is 0.0623. The molecule has 1 aliphatic heterocycles. The van der Waals surface area contributed by atoms with Gasteiger partial charge >= 0.3 is 0 Å². The highest BCUT2D eigenvalue weighted by molar-refractivity contribution is 7.80. The molecular formula is C28H26ClN5OS. The summed E-state index contributed by atoms with van der Waals surface area (Å²) in [5.41, 5.74) is 4.73. The number of nitrogens with one attached hydrogen (secondary N) is 2. The van der Waals surface area contributed by atoms with Crippen molar-refractivity contribution in [1.29, 1.82) is 0 Å². The first-order chi connectivity index (χ1) is 17.5. The summed E-state index contributed by atoms with van der Waals surface area (Å²) in [4.78, 5) is 19.5. The molecule has 3 heterocycles. The van der Waals surface area contributed by atoms with Gasteiger partial charge in [-0.25, -0.2) is 0 Å². The first kappa shape index (κ1) is 24.0. The van der Waals surface area contributed by atoms with Crippen LogP contribution in [0.2, 0.25) is 5.02 Å². The number of aromatic nitrogens is 2. The van der Waals surface area contributed by atoms with Gasteiger partial charge in [0.15, 0.2) is 5.11 Å². The van der Waals surface area contributed by atoms with Gasteiger partial charge in [0.2, 0.25) is 5.91 Å². The molecule has 182 valence electrons. The van der Waals surface area contributed by atoms with Crippen molar-refractivity contribution in [3.63, 3.8) is 0 Å². The molecule has 8 heteroatoms. The Bertz CT molecular complexity index is 1380. The SMILES string of the molecule is Cc1cc(-n2cccc2[C@@H]2[C@@H](c3ccccn3)NC(=S)N2CCC(=O)Nc2ccccc2)ccc1Cl. The predicted octanol–water partition coefficient (Wildman–Crippen LogP) is 5.84. The number of pyridine rings is 1. The molecule has 2 atom stereocenters. The van der Waals surface area contributed by atoms with Crippen molar-refractivity contribution in [2.75, 3.05) is 11.9 Å². The molecule has 2 aromatic heterocycles. The topological polar surface area (TPSA) is 62.2 Å². The van der Waals surface area contributed by atoms with Gasteiger partial charge in [0.1, 0.15) is 0 Å². The van der Waals surface area contributed by atoms with E-state index in [-0.39, 0.29) is 18.0 Å². The maximum absolute atomic E-state index is 12.7. The monoisotopic (exact) mass is 515 g/mol. The third kappa shape index (κ3) is 4.98. The number of hydrogen-bond acceptors (Lipinski definition) is 3. The second-order valence-electron chi connectivity index (χ2n) is 8.72. The van der Waals surface area contributed by atoms with E-state index in [9.17, 15) is 4.79 Å². The Labute approximate surface area is 220 Å². The van der Waals surface area contributed by atoms with Crippen molar-refractivity contribution < 1.29 is 4.79 Å². The Kier molecular flexibility index (Phi) is 7.02. The minimum Gasteiger partial charge on any atom is -0.352 e. The van der Waals surface area contributed by atoms with E-state index in [1.165, 1.54) is 0 Å². The number of rotatable bonds is 7. The van der Waals surface area contributed by atoms with Gasteiger partial charge in [-0.2, -0.15) is 0 Å². The van der Waals surface area contributed by atoms with Crippen LogP contribution in [0.3, 0.4) is 0 Å². The van der Waals surface area contributed by atoms with E-state index in [1.54, 1.807) is 6.20 Å². The summed E-state index contributed by atoms with van der Waals surface area (Å²) in [5.74, 6) is -0.0623. The molecule has 5 rings (SSSR count). The molecule has 2 aromatic carbocycles. The smallest absolute Gasteiger partial charge is 0.226 e. The van der Waals surface area contributed by atoms with E-state index in [1.807, 2.05) is 79.9 Å². The van der Waals surface area contributed by atoms with E-state index in [2.05, 4.69) is 37.2 Å². The molecular weight excluding hydrogens is 490 g/mol. The average Bonchev–Trinajstić information content (AvgIpc) is 3.50. The van der Waals surface area contributed by atoms with Crippen LogP contribution in [0.25, 0.3) is 5.69 Å². The summed E-state index contributed by atoms with van der Waals surface area (Å²) >= 11 is 12.1. The molecule has 0 radical (unpaired) electrons. The molecule has 0 bridgehead atoms. The molecule has 0 unspecified atom stereocenters. The van der Waals surface area contributed by atoms with Gasteiger partial charge in [-0.05, 0) is 79.3 Å². The minimum atomic E-state index is -0.169. The van der Waals surface area contributed by atoms with E-state index < -0.39 is 0 Å². The van der Waals surface area contributed by atoms with Crippen LogP contribution < -0.4 is 10.6 Å². The van der Waals surface area contributed by atoms with E-state index in [4.69, 9.17) is 23.8 Å². The van der Waals surface area contributed by atoms with Crippen molar-refractivity contribution in [2.24, 2.45) is 0 Å². The molecule has 1 amide bonds. The average molecular weight is 516 g/mol. The number of nitrogens with zero attached hydrogens (tertiary/aromatic N) is 3. The molecule has 4 aromatic rings. The fourth-order valence-electron chi connectivity index (χ4n) is 4.58. The zero-order chi connectivity index (χ0) is 25.1. The molecule has 0 spiro atoms. The number of thiocarbonyl (C=S) groups is 1. The Morgan fingerprint density at radius 1 is 1.08 bits per heavy atom. The van der Waals surface area contributed by atoms with Crippen molar-refractivity contribution in [3.05, 3.63) is 113 Å². The molecule has 36 heavy (non-hydrogen) atoms. The maximum Gasteiger partial charge on any atom is 0.226 e. The fraction of sp³-hybridized carbons (Fsp3) is 0.179. The number of hydrogen-bond donors (Lipinski definition) is 2. The van der Waals surface area contributed by atoms with E-state index in [0.717, 1.165) is 33.3 Å². The van der Waals surface area contributed by atoms with Crippen LogP contribution in [0.1, 0.15) is 35.5 Å². The zero-order valence-electron chi connectivity index (χ0n) is 19.8. The highest BCUT2D eigenvalue weighted by Gasteiger charge is 2.41. The van der Waals surface area contributed by atoms with Gasteiger partial charge in [0.05, 0.1) is 17.8 Å². The van der Waals surface area contributed by atoms with Gasteiger partial charge in [0.25, 0.3) is 0 Å². The standard InChI is InChI=1S/C28H26ClN5OS/c1-19-18-21(12-13-22(19)29)33-16-7-11-24(33)27-26(23-10-5-6-15-30-23)32-28(36)34(27)17-14-25(35)31-20-8-3-2-4-9-20/h2-13,15-16,18,26-27H,14,17H2,1H3,(H,31,35)(H,32,36)/t26-,27-/m1/s1. The molecule has 1 aliphatic rings. The zero-order valence-corrected chi connectivity index (χ0v) is 21.3. The first-order valence-corrected chi connectivity index (χ1v) is 12.6. The van der Waals surface area contributed by atoms with Crippen LogP contribution in [0, 0.1) is 6.92 Å². The van der Waals surface area contributed by atoms with Crippen LogP contribution in [0.5, 0.6) is 0 Å². The summed E-state index contributed by atoms with van der Waals surface area (Å²) < 4.78 is 2.15. The Hall–Kier alpha value is -3.68. The number of para-hydroxylation sites is 1. The van der Waals surface area contributed by atoms with Gasteiger partial charge in [-0.1, -0.05) is 35.9 Å². The quantitative estimate of drug-likeness (QED) is 0.303. The van der Waals surface area contributed by atoms with Crippen LogP contribution >= 0.6 is 23.8 Å². The van der Waals surface area contributed by atoms with Crippen LogP contribution in [0.15, 0.2) is 91.3 Å². The van der Waals surface area contributed by atoms with Crippen LogP contribution in [0.4, 0.5) is 5.69 Å². The van der Waals surface area contributed by atoms with Gasteiger partial charge in [-0.15, -0.1) is 0 Å². The summed E-state index contributed by atoms with van der Waals surface area (Å²) in [6, 6.07) is 25.1. The van der Waals surface area contributed by atoms with Crippen molar-refractivity contribution >= 4 is 40.5 Å². The third-order valence-corrected chi connectivity index (χ3v) is 7.11. The Balaban J connectivity index is 1.46. The Morgan fingerprint density at radius 2 is 1.89 bits per heavy atom. The second-order valence-corrected chi connectivity index (χ2v) is 9.51.